The number of benzene rings is 2. The van der Waals surface area contributed by atoms with Gasteiger partial charge in [-0.15, -0.1) is 0 Å². The van der Waals surface area contributed by atoms with Crippen molar-refractivity contribution in [1.82, 2.24) is 0 Å². The van der Waals surface area contributed by atoms with E-state index in [1.54, 1.807) is 0 Å². The van der Waals surface area contributed by atoms with Crippen molar-refractivity contribution in [3.63, 3.8) is 0 Å². The van der Waals surface area contributed by atoms with Crippen LogP contribution >= 0.6 is 0 Å². The summed E-state index contributed by atoms with van der Waals surface area (Å²) in [6.07, 6.45) is 2.27. The standard InChI is InChI=1S/C20H24O/c1-6-7-15-11-14(3)19-16-10-13(2)8-9-17(16)20(4,5)21-18(19)12-15/h8-12H,6-7H2,1-5H3. The molecule has 1 heteroatoms. The Balaban J connectivity index is 2.26. The molecular formula is C20H24O. The van der Waals surface area contributed by atoms with Gasteiger partial charge in [0, 0.05) is 11.1 Å². The van der Waals surface area contributed by atoms with Crippen LogP contribution in [0.25, 0.3) is 11.1 Å². The van der Waals surface area contributed by atoms with Crippen molar-refractivity contribution in [3.05, 3.63) is 52.6 Å². The van der Waals surface area contributed by atoms with E-state index in [1.807, 2.05) is 0 Å². The quantitative estimate of drug-likeness (QED) is 0.700. The number of hydrogen-bond acceptors (Lipinski definition) is 1. The van der Waals surface area contributed by atoms with Crippen LogP contribution in [0.1, 0.15) is 49.4 Å². The summed E-state index contributed by atoms with van der Waals surface area (Å²) in [6.45, 7) is 10.9. The van der Waals surface area contributed by atoms with Gasteiger partial charge >= 0.3 is 0 Å². The first-order valence-corrected chi connectivity index (χ1v) is 7.86. The third-order valence-electron chi connectivity index (χ3n) is 4.36. The van der Waals surface area contributed by atoms with Crippen LogP contribution in [0.15, 0.2) is 30.3 Å². The smallest absolute Gasteiger partial charge is 0.129 e. The fourth-order valence-corrected chi connectivity index (χ4v) is 3.41. The van der Waals surface area contributed by atoms with E-state index < -0.39 is 0 Å². The predicted octanol–water partition coefficient (Wildman–Crippen LogP) is 5.55. The van der Waals surface area contributed by atoms with Gasteiger partial charge in [-0.05, 0) is 56.9 Å². The Morgan fingerprint density at radius 1 is 1.05 bits per heavy atom. The molecule has 2 aromatic carbocycles. The summed E-state index contributed by atoms with van der Waals surface area (Å²) in [6, 6.07) is 11.2. The first kappa shape index (κ1) is 14.2. The first-order chi connectivity index (χ1) is 9.92. The second-order valence-electron chi connectivity index (χ2n) is 6.70. The Hall–Kier alpha value is -1.76. The van der Waals surface area contributed by atoms with Crippen molar-refractivity contribution in [1.29, 1.82) is 0 Å². The zero-order valence-electron chi connectivity index (χ0n) is 13.7. The van der Waals surface area contributed by atoms with E-state index in [-0.39, 0.29) is 5.60 Å². The topological polar surface area (TPSA) is 9.23 Å². The molecule has 0 radical (unpaired) electrons. The van der Waals surface area contributed by atoms with Crippen LogP contribution in [-0.2, 0) is 12.0 Å². The van der Waals surface area contributed by atoms with Crippen LogP contribution < -0.4 is 4.74 Å². The SMILES string of the molecule is CCCc1cc(C)c2c(c1)OC(C)(C)c1ccc(C)cc1-2. The molecule has 1 heterocycles. The maximum absolute atomic E-state index is 6.35. The van der Waals surface area contributed by atoms with Gasteiger partial charge in [-0.1, -0.05) is 43.2 Å². The van der Waals surface area contributed by atoms with Gasteiger partial charge in [0.2, 0.25) is 0 Å². The van der Waals surface area contributed by atoms with E-state index in [0.29, 0.717) is 0 Å². The molecule has 0 bridgehead atoms. The Labute approximate surface area is 128 Å². The zero-order valence-corrected chi connectivity index (χ0v) is 13.7. The van der Waals surface area contributed by atoms with Crippen molar-refractivity contribution in [2.75, 3.05) is 0 Å². The second-order valence-corrected chi connectivity index (χ2v) is 6.70. The molecule has 21 heavy (non-hydrogen) atoms. The second kappa shape index (κ2) is 4.91. The fourth-order valence-electron chi connectivity index (χ4n) is 3.41. The molecule has 0 amide bonds. The van der Waals surface area contributed by atoms with Crippen LogP contribution in [0.3, 0.4) is 0 Å². The third-order valence-corrected chi connectivity index (χ3v) is 4.36. The number of fused-ring (bicyclic) bond motifs is 3. The van der Waals surface area contributed by atoms with Gasteiger partial charge in [0.1, 0.15) is 11.4 Å². The predicted molar refractivity (Wildman–Crippen MR) is 89.0 cm³/mol. The highest BCUT2D eigenvalue weighted by molar-refractivity contribution is 5.80. The highest BCUT2D eigenvalue weighted by atomic mass is 16.5. The molecule has 1 aliphatic rings. The van der Waals surface area contributed by atoms with Crippen molar-refractivity contribution in [3.8, 4) is 16.9 Å². The van der Waals surface area contributed by atoms with Crippen LogP contribution in [0, 0.1) is 13.8 Å². The summed E-state index contributed by atoms with van der Waals surface area (Å²) < 4.78 is 6.35. The minimum atomic E-state index is -0.271. The van der Waals surface area contributed by atoms with Gasteiger partial charge in [-0.25, -0.2) is 0 Å². The maximum Gasteiger partial charge on any atom is 0.129 e. The molecule has 0 saturated heterocycles. The largest absolute Gasteiger partial charge is 0.482 e. The van der Waals surface area contributed by atoms with Crippen LogP contribution in [0.4, 0.5) is 0 Å². The normalized spacial score (nSPS) is 15.1. The van der Waals surface area contributed by atoms with Crippen molar-refractivity contribution < 1.29 is 4.74 Å². The van der Waals surface area contributed by atoms with Gasteiger partial charge in [0.15, 0.2) is 0 Å². The van der Waals surface area contributed by atoms with Crippen LogP contribution in [0.5, 0.6) is 5.75 Å². The minimum absolute atomic E-state index is 0.271. The van der Waals surface area contributed by atoms with Gasteiger partial charge < -0.3 is 4.74 Å². The molecule has 0 spiro atoms. The molecule has 2 aromatic rings. The summed E-state index contributed by atoms with van der Waals surface area (Å²) in [5.41, 5.74) is 7.61. The van der Waals surface area contributed by atoms with E-state index in [4.69, 9.17) is 4.74 Å². The Kier molecular flexibility index (Phi) is 3.32. The van der Waals surface area contributed by atoms with Gasteiger partial charge in [0.25, 0.3) is 0 Å². The summed E-state index contributed by atoms with van der Waals surface area (Å²) in [5, 5.41) is 0. The molecule has 0 aliphatic carbocycles. The lowest BCUT2D eigenvalue weighted by Crippen LogP contribution is -2.29. The fraction of sp³-hybridized carbons (Fsp3) is 0.400. The van der Waals surface area contributed by atoms with Gasteiger partial charge in [0.05, 0.1) is 0 Å². The number of aryl methyl sites for hydroxylation is 3. The monoisotopic (exact) mass is 280 g/mol. The Morgan fingerprint density at radius 2 is 1.81 bits per heavy atom. The summed E-state index contributed by atoms with van der Waals surface area (Å²) in [7, 11) is 0. The third kappa shape index (κ3) is 2.35. The van der Waals surface area contributed by atoms with Gasteiger partial charge in [-0.2, -0.15) is 0 Å². The lowest BCUT2D eigenvalue weighted by Gasteiger charge is -2.36. The van der Waals surface area contributed by atoms with Crippen LogP contribution in [-0.4, -0.2) is 0 Å². The molecule has 3 rings (SSSR count). The van der Waals surface area contributed by atoms with Crippen molar-refractivity contribution >= 4 is 0 Å². The van der Waals surface area contributed by atoms with Gasteiger partial charge in [-0.3, -0.25) is 0 Å². The summed E-state index contributed by atoms with van der Waals surface area (Å²) in [4.78, 5) is 0. The average Bonchev–Trinajstić information content (AvgIpc) is 2.37. The lowest BCUT2D eigenvalue weighted by atomic mass is 9.83. The van der Waals surface area contributed by atoms with Crippen LogP contribution in [0.2, 0.25) is 0 Å². The lowest BCUT2D eigenvalue weighted by molar-refractivity contribution is 0.105. The molecular weight excluding hydrogens is 256 g/mol. The summed E-state index contributed by atoms with van der Waals surface area (Å²) >= 11 is 0. The molecule has 1 nitrogen and oxygen atoms in total. The number of rotatable bonds is 2. The van der Waals surface area contributed by atoms with E-state index in [2.05, 4.69) is 65.0 Å². The molecule has 0 fully saturated rings. The zero-order chi connectivity index (χ0) is 15.2. The highest BCUT2D eigenvalue weighted by Gasteiger charge is 2.33. The molecule has 0 aromatic heterocycles. The maximum atomic E-state index is 6.35. The van der Waals surface area contributed by atoms with E-state index >= 15 is 0 Å². The summed E-state index contributed by atoms with van der Waals surface area (Å²) in [5.74, 6) is 1.04. The molecule has 1 aliphatic heterocycles. The van der Waals surface area contributed by atoms with E-state index in [0.717, 1.165) is 18.6 Å². The van der Waals surface area contributed by atoms with E-state index in [9.17, 15) is 0 Å². The molecule has 0 saturated carbocycles. The molecule has 0 N–H and O–H groups in total. The number of ether oxygens (including phenoxy) is 1. The first-order valence-electron chi connectivity index (χ1n) is 7.86. The Morgan fingerprint density at radius 3 is 2.52 bits per heavy atom. The molecule has 0 atom stereocenters. The Bertz CT molecular complexity index is 695. The van der Waals surface area contributed by atoms with Crippen molar-refractivity contribution in [2.24, 2.45) is 0 Å². The minimum Gasteiger partial charge on any atom is -0.482 e. The average molecular weight is 280 g/mol. The van der Waals surface area contributed by atoms with Crippen molar-refractivity contribution in [2.45, 2.75) is 53.1 Å². The molecule has 0 unspecified atom stereocenters. The van der Waals surface area contributed by atoms with E-state index in [1.165, 1.54) is 33.4 Å². The molecule has 110 valence electrons. The highest BCUT2D eigenvalue weighted by Crippen LogP contribution is 2.47. The number of hydrogen-bond donors (Lipinski definition) is 0.